The highest BCUT2D eigenvalue weighted by molar-refractivity contribution is 9.10. The molecule has 1 N–H and O–H groups in total. The van der Waals surface area contributed by atoms with Crippen LogP contribution in [-0.4, -0.2) is 55.4 Å². The lowest BCUT2D eigenvalue weighted by Gasteiger charge is -2.26. The summed E-state index contributed by atoms with van der Waals surface area (Å²) in [5.41, 5.74) is -0.611. The fourth-order valence-corrected chi connectivity index (χ4v) is 3.74. The van der Waals surface area contributed by atoms with Crippen molar-refractivity contribution in [2.75, 3.05) is 32.1 Å². The van der Waals surface area contributed by atoms with Crippen LogP contribution >= 0.6 is 27.5 Å². The number of hydrazone groups is 1. The zero-order valence-electron chi connectivity index (χ0n) is 17.4. The Morgan fingerprint density at radius 3 is 2.38 bits per heavy atom. The lowest BCUT2D eigenvalue weighted by atomic mass is 9.80. The van der Waals surface area contributed by atoms with Gasteiger partial charge in [-0.15, -0.1) is 0 Å². The molecule has 1 aliphatic heterocycles. The van der Waals surface area contributed by atoms with Crippen molar-refractivity contribution < 1.29 is 23.9 Å². The second-order valence-electron chi connectivity index (χ2n) is 6.95. The standard InChI is InChI=1S/C22H21BrClN3O5/c1-3-32-21(30)22(20(29)31-2)13-27(26-19(22)14-4-8-16(24)9-5-14)12-18(28)25-17-10-6-15(23)7-11-17/h4-11H,3,12-13H2,1-2H3,(H,25,28). The highest BCUT2D eigenvalue weighted by atomic mass is 79.9. The number of anilines is 1. The van der Waals surface area contributed by atoms with E-state index in [1.807, 2.05) is 0 Å². The van der Waals surface area contributed by atoms with Gasteiger partial charge in [-0.25, -0.2) is 0 Å². The van der Waals surface area contributed by atoms with Gasteiger partial charge in [0.25, 0.3) is 0 Å². The van der Waals surface area contributed by atoms with E-state index in [1.165, 1.54) is 12.1 Å². The number of methoxy groups -OCH3 is 1. The van der Waals surface area contributed by atoms with Gasteiger partial charge >= 0.3 is 11.9 Å². The highest BCUT2D eigenvalue weighted by Crippen LogP contribution is 2.35. The van der Waals surface area contributed by atoms with E-state index in [9.17, 15) is 14.4 Å². The summed E-state index contributed by atoms with van der Waals surface area (Å²) in [6.07, 6.45) is 0. The molecule has 2 aromatic rings. The number of carbonyl (C=O) groups is 3. The van der Waals surface area contributed by atoms with Crippen LogP contribution in [0.1, 0.15) is 12.5 Å². The van der Waals surface area contributed by atoms with Gasteiger partial charge in [0, 0.05) is 15.2 Å². The molecule has 1 aliphatic rings. The van der Waals surface area contributed by atoms with E-state index in [1.54, 1.807) is 55.5 Å². The molecule has 0 fully saturated rings. The van der Waals surface area contributed by atoms with Crippen LogP contribution in [0.5, 0.6) is 0 Å². The van der Waals surface area contributed by atoms with Crippen molar-refractivity contribution in [2.24, 2.45) is 10.5 Å². The second-order valence-corrected chi connectivity index (χ2v) is 8.30. The van der Waals surface area contributed by atoms with Gasteiger partial charge in [0.1, 0.15) is 6.54 Å². The van der Waals surface area contributed by atoms with E-state index in [2.05, 4.69) is 26.3 Å². The molecule has 10 heteroatoms. The molecule has 3 rings (SSSR count). The first-order chi connectivity index (χ1) is 15.3. The summed E-state index contributed by atoms with van der Waals surface area (Å²) in [5, 5.41) is 9.05. The highest BCUT2D eigenvalue weighted by Gasteiger charge is 2.58. The van der Waals surface area contributed by atoms with Gasteiger partial charge in [0.2, 0.25) is 11.3 Å². The second kappa shape index (κ2) is 10.1. The molecule has 1 amide bonds. The lowest BCUT2D eigenvalue weighted by molar-refractivity contribution is -0.165. The van der Waals surface area contributed by atoms with Gasteiger partial charge in [-0.2, -0.15) is 5.10 Å². The number of nitrogens with one attached hydrogen (secondary N) is 1. The maximum Gasteiger partial charge on any atom is 0.331 e. The number of rotatable bonds is 7. The molecule has 168 valence electrons. The zero-order valence-corrected chi connectivity index (χ0v) is 19.8. The first-order valence-corrected chi connectivity index (χ1v) is 10.9. The predicted octanol–water partition coefficient (Wildman–Crippen LogP) is 3.48. The number of nitrogens with zero attached hydrogens (tertiary/aromatic N) is 2. The molecule has 0 saturated heterocycles. The van der Waals surface area contributed by atoms with Crippen molar-refractivity contribution in [3.8, 4) is 0 Å². The molecule has 0 saturated carbocycles. The Balaban J connectivity index is 1.93. The van der Waals surface area contributed by atoms with Crippen molar-refractivity contribution >= 4 is 56.8 Å². The summed E-state index contributed by atoms with van der Waals surface area (Å²) in [4.78, 5) is 38.5. The Hall–Kier alpha value is -2.91. The minimum Gasteiger partial charge on any atom is -0.468 e. The summed E-state index contributed by atoms with van der Waals surface area (Å²) >= 11 is 9.33. The topological polar surface area (TPSA) is 97.3 Å². The van der Waals surface area contributed by atoms with E-state index >= 15 is 0 Å². The molecule has 2 aromatic carbocycles. The molecule has 8 nitrogen and oxygen atoms in total. The van der Waals surface area contributed by atoms with Gasteiger partial charge < -0.3 is 14.8 Å². The van der Waals surface area contributed by atoms with Gasteiger partial charge in [0.15, 0.2) is 0 Å². The number of benzene rings is 2. The number of halogens is 2. The summed E-state index contributed by atoms with van der Waals surface area (Å²) in [6, 6.07) is 13.6. The van der Waals surface area contributed by atoms with Crippen LogP contribution in [0.3, 0.4) is 0 Å². The van der Waals surface area contributed by atoms with Gasteiger partial charge in [-0.05, 0) is 48.9 Å². The number of hydrogen-bond acceptors (Lipinski definition) is 7. The van der Waals surface area contributed by atoms with Crippen molar-refractivity contribution in [3.63, 3.8) is 0 Å². The Kier molecular flexibility index (Phi) is 7.52. The Labute approximate surface area is 198 Å². The molecular formula is C22H21BrClN3O5. The summed E-state index contributed by atoms with van der Waals surface area (Å²) in [5.74, 6) is -1.98. The van der Waals surface area contributed by atoms with E-state index in [0.29, 0.717) is 16.3 Å². The minimum atomic E-state index is -1.84. The van der Waals surface area contributed by atoms with Crippen LogP contribution in [0.15, 0.2) is 58.1 Å². The monoisotopic (exact) mass is 521 g/mol. The van der Waals surface area contributed by atoms with Gasteiger partial charge in [-0.1, -0.05) is 39.7 Å². The van der Waals surface area contributed by atoms with Crippen molar-refractivity contribution in [1.29, 1.82) is 0 Å². The molecule has 1 atom stereocenters. The van der Waals surface area contributed by atoms with Crippen LogP contribution in [0, 0.1) is 5.41 Å². The average molecular weight is 523 g/mol. The Morgan fingerprint density at radius 2 is 1.78 bits per heavy atom. The van der Waals surface area contributed by atoms with Crippen molar-refractivity contribution in [3.05, 3.63) is 63.6 Å². The summed E-state index contributed by atoms with van der Waals surface area (Å²) < 4.78 is 11.1. The minimum absolute atomic E-state index is 0.0650. The Bertz CT molecular complexity index is 1040. The van der Waals surface area contributed by atoms with E-state index < -0.39 is 17.4 Å². The molecule has 0 bridgehead atoms. The van der Waals surface area contributed by atoms with Crippen LogP contribution in [0.4, 0.5) is 5.69 Å². The van der Waals surface area contributed by atoms with Crippen LogP contribution in [-0.2, 0) is 23.9 Å². The lowest BCUT2D eigenvalue weighted by Crippen LogP contribution is -2.50. The summed E-state index contributed by atoms with van der Waals surface area (Å²) in [7, 11) is 1.19. The maximum atomic E-state index is 13.0. The SMILES string of the molecule is CCOC(=O)C1(C(=O)OC)CN(CC(=O)Nc2ccc(Br)cc2)N=C1c1ccc(Cl)cc1. The van der Waals surface area contributed by atoms with Crippen molar-refractivity contribution in [2.45, 2.75) is 6.92 Å². The Morgan fingerprint density at radius 1 is 1.12 bits per heavy atom. The zero-order chi connectivity index (χ0) is 23.3. The number of ether oxygens (including phenoxy) is 2. The number of esters is 2. The molecule has 32 heavy (non-hydrogen) atoms. The molecule has 1 unspecified atom stereocenters. The molecule has 0 aromatic heterocycles. The smallest absolute Gasteiger partial charge is 0.331 e. The van der Waals surface area contributed by atoms with Crippen LogP contribution in [0.25, 0.3) is 0 Å². The molecule has 1 heterocycles. The molecule has 0 radical (unpaired) electrons. The number of carbonyl (C=O) groups excluding carboxylic acids is 3. The summed E-state index contributed by atoms with van der Waals surface area (Å²) in [6.45, 7) is 1.31. The van der Waals surface area contributed by atoms with Gasteiger partial charge in [-0.3, -0.25) is 19.4 Å². The fourth-order valence-electron chi connectivity index (χ4n) is 3.35. The van der Waals surface area contributed by atoms with Gasteiger partial charge in [0.05, 0.1) is 26.0 Å². The fraction of sp³-hybridized carbons (Fsp3) is 0.273. The quantitative estimate of drug-likeness (QED) is 0.442. The largest absolute Gasteiger partial charge is 0.468 e. The van der Waals surface area contributed by atoms with Crippen LogP contribution < -0.4 is 5.32 Å². The van der Waals surface area contributed by atoms with E-state index in [0.717, 1.165) is 4.47 Å². The third-order valence-corrected chi connectivity index (χ3v) is 5.58. The number of hydrogen-bond donors (Lipinski definition) is 1. The van der Waals surface area contributed by atoms with E-state index in [-0.39, 0.29) is 31.3 Å². The third kappa shape index (κ3) is 4.94. The van der Waals surface area contributed by atoms with E-state index in [4.69, 9.17) is 21.1 Å². The first-order valence-electron chi connectivity index (χ1n) is 9.71. The number of amides is 1. The first kappa shape index (κ1) is 23.7. The molecular weight excluding hydrogens is 502 g/mol. The van der Waals surface area contributed by atoms with Crippen molar-refractivity contribution in [1.82, 2.24) is 5.01 Å². The predicted molar refractivity (Wildman–Crippen MR) is 123 cm³/mol. The maximum absolute atomic E-state index is 13.0. The third-order valence-electron chi connectivity index (χ3n) is 4.79. The average Bonchev–Trinajstić information content (AvgIpc) is 3.15. The normalized spacial score (nSPS) is 17.5. The van der Waals surface area contributed by atoms with Crippen LogP contribution in [0.2, 0.25) is 5.02 Å². The molecule has 0 spiro atoms. The molecule has 0 aliphatic carbocycles.